The predicted molar refractivity (Wildman–Crippen MR) is 108 cm³/mol. The standard InChI is InChI=1S/C21H20ClN3O2/c1-27-19-7-2-4-15(12-19)10-11-23-21(26)16-8-9-20(24-14-16)25-18-6-3-5-17(22)13-18/h2-9,12-14H,10-11H2,1H3,(H,23,26)(H,24,25). The maximum atomic E-state index is 12.3. The molecule has 0 saturated carbocycles. The number of aromatic nitrogens is 1. The first kappa shape index (κ1) is 18.7. The van der Waals surface area contributed by atoms with E-state index < -0.39 is 0 Å². The number of rotatable bonds is 7. The molecule has 2 aromatic carbocycles. The molecule has 0 unspecified atom stereocenters. The number of halogens is 1. The van der Waals surface area contributed by atoms with E-state index >= 15 is 0 Å². The number of benzene rings is 2. The van der Waals surface area contributed by atoms with Gasteiger partial charge in [0.25, 0.3) is 5.91 Å². The maximum absolute atomic E-state index is 12.3. The van der Waals surface area contributed by atoms with Gasteiger partial charge in [0, 0.05) is 23.5 Å². The molecule has 5 nitrogen and oxygen atoms in total. The first-order chi connectivity index (χ1) is 13.1. The number of pyridine rings is 1. The highest BCUT2D eigenvalue weighted by Gasteiger charge is 2.06. The highest BCUT2D eigenvalue weighted by molar-refractivity contribution is 6.30. The fourth-order valence-corrected chi connectivity index (χ4v) is 2.76. The molecule has 0 radical (unpaired) electrons. The molecule has 3 rings (SSSR count). The third-order valence-electron chi connectivity index (χ3n) is 3.96. The molecule has 138 valence electrons. The summed E-state index contributed by atoms with van der Waals surface area (Å²) in [4.78, 5) is 16.5. The summed E-state index contributed by atoms with van der Waals surface area (Å²) < 4.78 is 5.20. The summed E-state index contributed by atoms with van der Waals surface area (Å²) in [5.41, 5.74) is 2.46. The molecule has 0 aliphatic heterocycles. The third kappa shape index (κ3) is 5.46. The Labute approximate surface area is 163 Å². The maximum Gasteiger partial charge on any atom is 0.252 e. The summed E-state index contributed by atoms with van der Waals surface area (Å²) in [7, 11) is 1.64. The van der Waals surface area contributed by atoms with Gasteiger partial charge in [-0.15, -0.1) is 0 Å². The first-order valence-electron chi connectivity index (χ1n) is 8.54. The lowest BCUT2D eigenvalue weighted by atomic mass is 10.1. The highest BCUT2D eigenvalue weighted by atomic mass is 35.5. The smallest absolute Gasteiger partial charge is 0.252 e. The van der Waals surface area contributed by atoms with Gasteiger partial charge in [0.2, 0.25) is 0 Å². The van der Waals surface area contributed by atoms with E-state index in [1.54, 1.807) is 31.5 Å². The summed E-state index contributed by atoms with van der Waals surface area (Å²) in [6, 6.07) is 18.7. The van der Waals surface area contributed by atoms with Gasteiger partial charge in [0.05, 0.1) is 12.7 Å². The van der Waals surface area contributed by atoms with Crippen molar-refractivity contribution in [3.8, 4) is 5.75 Å². The van der Waals surface area contributed by atoms with E-state index in [0.29, 0.717) is 22.9 Å². The van der Waals surface area contributed by atoms with Crippen molar-refractivity contribution in [1.82, 2.24) is 10.3 Å². The van der Waals surface area contributed by atoms with Crippen LogP contribution in [0.2, 0.25) is 5.02 Å². The molecule has 1 amide bonds. The number of anilines is 2. The second-order valence-corrected chi connectivity index (χ2v) is 6.36. The molecule has 2 N–H and O–H groups in total. The number of hydrogen-bond acceptors (Lipinski definition) is 4. The zero-order valence-corrected chi connectivity index (χ0v) is 15.7. The van der Waals surface area contributed by atoms with Crippen LogP contribution in [0.15, 0.2) is 66.9 Å². The molecule has 6 heteroatoms. The van der Waals surface area contributed by atoms with Crippen molar-refractivity contribution in [3.05, 3.63) is 83.0 Å². The SMILES string of the molecule is COc1cccc(CCNC(=O)c2ccc(Nc3cccc(Cl)c3)nc2)c1. The third-order valence-corrected chi connectivity index (χ3v) is 4.19. The van der Waals surface area contributed by atoms with E-state index in [0.717, 1.165) is 23.4 Å². The normalized spacial score (nSPS) is 10.3. The Morgan fingerprint density at radius 2 is 1.96 bits per heavy atom. The molecule has 0 aliphatic carbocycles. The minimum absolute atomic E-state index is 0.153. The molecule has 0 spiro atoms. The van der Waals surface area contributed by atoms with Gasteiger partial charge in [0.1, 0.15) is 11.6 Å². The zero-order valence-electron chi connectivity index (χ0n) is 14.9. The van der Waals surface area contributed by atoms with Gasteiger partial charge >= 0.3 is 0 Å². The van der Waals surface area contributed by atoms with Crippen molar-refractivity contribution in [2.24, 2.45) is 0 Å². The number of amides is 1. The molecule has 3 aromatic rings. The lowest BCUT2D eigenvalue weighted by molar-refractivity contribution is 0.0954. The van der Waals surface area contributed by atoms with Crippen molar-refractivity contribution < 1.29 is 9.53 Å². The van der Waals surface area contributed by atoms with E-state index in [1.165, 1.54) is 0 Å². The van der Waals surface area contributed by atoms with Crippen LogP contribution in [0.3, 0.4) is 0 Å². The van der Waals surface area contributed by atoms with Gasteiger partial charge in [-0.2, -0.15) is 0 Å². The Balaban J connectivity index is 1.52. The summed E-state index contributed by atoms with van der Waals surface area (Å²) in [5.74, 6) is 1.30. The van der Waals surface area contributed by atoms with Gasteiger partial charge in [-0.25, -0.2) is 4.98 Å². The van der Waals surface area contributed by atoms with Gasteiger partial charge in [-0.05, 0) is 54.4 Å². The molecule has 0 fully saturated rings. The molecule has 0 aliphatic rings. The van der Waals surface area contributed by atoms with Crippen LogP contribution in [0.1, 0.15) is 15.9 Å². The average Bonchev–Trinajstić information content (AvgIpc) is 2.69. The fourth-order valence-electron chi connectivity index (χ4n) is 2.57. The number of hydrogen-bond donors (Lipinski definition) is 2. The quantitative estimate of drug-likeness (QED) is 0.634. The first-order valence-corrected chi connectivity index (χ1v) is 8.91. The van der Waals surface area contributed by atoms with Crippen molar-refractivity contribution in [2.45, 2.75) is 6.42 Å². The Morgan fingerprint density at radius 3 is 2.70 bits per heavy atom. The van der Waals surface area contributed by atoms with Gasteiger partial charge < -0.3 is 15.4 Å². The van der Waals surface area contributed by atoms with E-state index in [1.807, 2.05) is 42.5 Å². The molecule has 0 bridgehead atoms. The van der Waals surface area contributed by atoms with Gasteiger partial charge in [-0.3, -0.25) is 4.79 Å². The monoisotopic (exact) mass is 381 g/mol. The lowest BCUT2D eigenvalue weighted by Crippen LogP contribution is -2.25. The number of nitrogens with zero attached hydrogens (tertiary/aromatic N) is 1. The molecular weight excluding hydrogens is 362 g/mol. The van der Waals surface area contributed by atoms with Crippen LogP contribution in [0.5, 0.6) is 5.75 Å². The van der Waals surface area contributed by atoms with E-state index in [-0.39, 0.29) is 5.91 Å². The molecule has 0 atom stereocenters. The van der Waals surface area contributed by atoms with Crippen molar-refractivity contribution >= 4 is 29.0 Å². The van der Waals surface area contributed by atoms with Crippen LogP contribution >= 0.6 is 11.6 Å². The van der Waals surface area contributed by atoms with E-state index in [4.69, 9.17) is 16.3 Å². The lowest BCUT2D eigenvalue weighted by Gasteiger charge is -2.08. The molecule has 1 heterocycles. The summed E-state index contributed by atoms with van der Waals surface area (Å²) in [6.07, 6.45) is 2.28. The van der Waals surface area contributed by atoms with Crippen LogP contribution in [0.25, 0.3) is 0 Å². The van der Waals surface area contributed by atoms with Crippen molar-refractivity contribution in [1.29, 1.82) is 0 Å². The number of nitrogens with one attached hydrogen (secondary N) is 2. The number of methoxy groups -OCH3 is 1. The molecule has 0 saturated heterocycles. The van der Waals surface area contributed by atoms with E-state index in [2.05, 4.69) is 15.6 Å². The number of carbonyl (C=O) groups is 1. The minimum Gasteiger partial charge on any atom is -0.497 e. The topological polar surface area (TPSA) is 63.2 Å². The van der Waals surface area contributed by atoms with Crippen LogP contribution in [-0.2, 0) is 6.42 Å². The average molecular weight is 382 g/mol. The number of ether oxygens (including phenoxy) is 1. The van der Waals surface area contributed by atoms with E-state index in [9.17, 15) is 4.79 Å². The summed E-state index contributed by atoms with van der Waals surface area (Å²) in [5, 5.41) is 6.70. The second-order valence-electron chi connectivity index (χ2n) is 5.92. The van der Waals surface area contributed by atoms with Crippen molar-refractivity contribution in [2.75, 3.05) is 19.0 Å². The Bertz CT molecular complexity index is 913. The predicted octanol–water partition coefficient (Wildman–Crippen LogP) is 4.46. The largest absolute Gasteiger partial charge is 0.497 e. The Morgan fingerprint density at radius 1 is 1.11 bits per heavy atom. The minimum atomic E-state index is -0.153. The van der Waals surface area contributed by atoms with Crippen LogP contribution < -0.4 is 15.4 Å². The summed E-state index contributed by atoms with van der Waals surface area (Å²) in [6.45, 7) is 0.536. The number of carbonyl (C=O) groups excluding carboxylic acids is 1. The van der Waals surface area contributed by atoms with Crippen LogP contribution in [0, 0.1) is 0 Å². The molecule has 1 aromatic heterocycles. The van der Waals surface area contributed by atoms with Crippen LogP contribution in [0.4, 0.5) is 11.5 Å². The molecule has 27 heavy (non-hydrogen) atoms. The Kier molecular flexibility index (Phi) is 6.28. The fraction of sp³-hybridized carbons (Fsp3) is 0.143. The Hall–Kier alpha value is -3.05. The van der Waals surface area contributed by atoms with Crippen LogP contribution in [-0.4, -0.2) is 24.5 Å². The molecular formula is C21H20ClN3O2. The van der Waals surface area contributed by atoms with Gasteiger partial charge in [-0.1, -0.05) is 29.8 Å². The summed E-state index contributed by atoms with van der Waals surface area (Å²) >= 11 is 5.97. The second kappa shape index (κ2) is 9.05. The van der Waals surface area contributed by atoms with Crippen molar-refractivity contribution in [3.63, 3.8) is 0 Å². The zero-order chi connectivity index (χ0) is 19.1. The van der Waals surface area contributed by atoms with Gasteiger partial charge in [0.15, 0.2) is 0 Å². The highest BCUT2D eigenvalue weighted by Crippen LogP contribution is 2.19.